The van der Waals surface area contributed by atoms with E-state index in [1.54, 1.807) is 7.11 Å². The lowest BCUT2D eigenvalue weighted by molar-refractivity contribution is 0.409. The number of ether oxygens (including phenoxy) is 1. The smallest absolute Gasteiger partial charge is 0.122 e. The van der Waals surface area contributed by atoms with Gasteiger partial charge in [0.2, 0.25) is 0 Å². The molecule has 28 heavy (non-hydrogen) atoms. The summed E-state index contributed by atoms with van der Waals surface area (Å²) < 4.78 is 18.3. The normalized spacial score (nSPS) is 13.5. The van der Waals surface area contributed by atoms with Crippen molar-refractivity contribution in [1.29, 1.82) is 0 Å². The Morgan fingerprint density at radius 3 is 2.43 bits per heavy atom. The first-order valence-electron chi connectivity index (χ1n) is 10.1. The lowest BCUT2D eigenvalue weighted by Gasteiger charge is -2.23. The summed E-state index contributed by atoms with van der Waals surface area (Å²) in [7, 11) is 1.73. The van der Waals surface area contributed by atoms with Crippen LogP contribution >= 0.6 is 0 Å². The van der Waals surface area contributed by atoms with Crippen LogP contribution in [0.2, 0.25) is 0 Å². The molecule has 2 atom stereocenters. The highest BCUT2D eigenvalue weighted by molar-refractivity contribution is 5.38. The molecule has 0 aromatic heterocycles. The second-order valence-electron chi connectivity index (χ2n) is 7.63. The van der Waals surface area contributed by atoms with Crippen LogP contribution in [-0.4, -0.2) is 7.11 Å². The van der Waals surface area contributed by atoms with Gasteiger partial charge < -0.3 is 4.74 Å². The van der Waals surface area contributed by atoms with Crippen molar-refractivity contribution in [3.05, 3.63) is 89.0 Å². The van der Waals surface area contributed by atoms with Crippen LogP contribution in [0.4, 0.5) is 4.39 Å². The highest BCUT2D eigenvalue weighted by atomic mass is 19.1. The van der Waals surface area contributed by atoms with E-state index in [1.807, 2.05) is 31.2 Å². The maximum atomic E-state index is 12.8. The Hall–Kier alpha value is -2.35. The van der Waals surface area contributed by atoms with E-state index in [-0.39, 0.29) is 0 Å². The molecule has 0 fully saturated rings. The maximum Gasteiger partial charge on any atom is 0.122 e. The van der Waals surface area contributed by atoms with E-state index < -0.39 is 6.67 Å². The average molecular weight is 381 g/mol. The Bertz CT molecular complexity index is 789. The zero-order chi connectivity index (χ0) is 20.5. The van der Waals surface area contributed by atoms with Crippen molar-refractivity contribution < 1.29 is 9.13 Å². The summed E-state index contributed by atoms with van der Waals surface area (Å²) >= 11 is 0. The predicted molar refractivity (Wildman–Crippen MR) is 118 cm³/mol. The predicted octanol–water partition coefficient (Wildman–Crippen LogP) is 7.35. The Balaban J connectivity index is 2.20. The van der Waals surface area contributed by atoms with Gasteiger partial charge in [0.15, 0.2) is 0 Å². The molecule has 0 spiro atoms. The monoisotopic (exact) mass is 380 g/mol. The number of allylic oxidation sites excluding steroid dienone is 3. The van der Waals surface area contributed by atoms with Gasteiger partial charge in [-0.3, -0.25) is 0 Å². The maximum absolute atomic E-state index is 12.8. The molecule has 0 saturated heterocycles. The average Bonchev–Trinajstić information content (AvgIpc) is 2.72. The lowest BCUT2D eigenvalue weighted by Crippen LogP contribution is -2.08. The summed E-state index contributed by atoms with van der Waals surface area (Å²) in [6, 6.07) is 14.4. The number of aryl methyl sites for hydroxylation is 2. The SMILES string of the molecule is C=C(/C=C\C)[C@H](C)CC(CCc1ccc(CF)cc1)c1ccc(C)c(OC)c1. The number of hydrogen-bond donors (Lipinski definition) is 0. The molecule has 0 aliphatic carbocycles. The first-order valence-corrected chi connectivity index (χ1v) is 10.1. The highest BCUT2D eigenvalue weighted by Crippen LogP contribution is 2.34. The van der Waals surface area contributed by atoms with E-state index in [0.29, 0.717) is 11.8 Å². The molecule has 150 valence electrons. The molecule has 0 radical (unpaired) electrons. The first kappa shape index (κ1) is 21.9. The fraction of sp³-hybridized carbons (Fsp3) is 0.385. The summed E-state index contributed by atoms with van der Waals surface area (Å²) in [5.41, 5.74) is 5.61. The third kappa shape index (κ3) is 6.09. The van der Waals surface area contributed by atoms with Gasteiger partial charge in [0.25, 0.3) is 0 Å². The minimum Gasteiger partial charge on any atom is -0.496 e. The fourth-order valence-electron chi connectivity index (χ4n) is 3.60. The molecule has 1 unspecified atom stereocenters. The van der Waals surface area contributed by atoms with Gasteiger partial charge in [-0.15, -0.1) is 0 Å². The van der Waals surface area contributed by atoms with E-state index in [2.05, 4.69) is 50.8 Å². The van der Waals surface area contributed by atoms with Gasteiger partial charge in [-0.1, -0.05) is 67.6 Å². The van der Waals surface area contributed by atoms with Crippen LogP contribution in [0.15, 0.2) is 66.8 Å². The van der Waals surface area contributed by atoms with Gasteiger partial charge in [-0.2, -0.15) is 0 Å². The minimum atomic E-state index is -0.406. The van der Waals surface area contributed by atoms with Crippen molar-refractivity contribution in [2.45, 2.75) is 52.6 Å². The van der Waals surface area contributed by atoms with Crippen molar-refractivity contribution in [3.63, 3.8) is 0 Å². The minimum absolute atomic E-state index is 0.405. The van der Waals surface area contributed by atoms with Crippen molar-refractivity contribution in [3.8, 4) is 5.75 Å². The first-order chi connectivity index (χ1) is 13.5. The van der Waals surface area contributed by atoms with Gasteiger partial charge >= 0.3 is 0 Å². The zero-order valence-electron chi connectivity index (χ0n) is 17.7. The lowest BCUT2D eigenvalue weighted by atomic mass is 9.82. The summed E-state index contributed by atoms with van der Waals surface area (Å²) in [5, 5.41) is 0. The topological polar surface area (TPSA) is 9.23 Å². The molecule has 0 bridgehead atoms. The largest absolute Gasteiger partial charge is 0.496 e. The Labute approximate surface area is 169 Å². The molecule has 0 aliphatic rings. The second kappa shape index (κ2) is 10.8. The molecule has 0 saturated carbocycles. The molecule has 2 heteroatoms. The van der Waals surface area contributed by atoms with Gasteiger partial charge in [-0.25, -0.2) is 4.39 Å². The summed E-state index contributed by atoms with van der Waals surface area (Å²) in [6.07, 6.45) is 7.20. The summed E-state index contributed by atoms with van der Waals surface area (Å²) in [6.45, 7) is 10.2. The summed E-state index contributed by atoms with van der Waals surface area (Å²) in [4.78, 5) is 0. The quantitative estimate of drug-likeness (QED) is 0.392. The Kier molecular flexibility index (Phi) is 8.50. The Morgan fingerprint density at radius 1 is 1.14 bits per heavy atom. The third-order valence-electron chi connectivity index (χ3n) is 5.51. The van der Waals surface area contributed by atoms with Crippen LogP contribution in [-0.2, 0) is 13.1 Å². The molecule has 1 nitrogen and oxygen atoms in total. The molecule has 0 N–H and O–H groups in total. The van der Waals surface area contributed by atoms with Crippen molar-refractivity contribution in [2.75, 3.05) is 7.11 Å². The number of benzene rings is 2. The van der Waals surface area contributed by atoms with E-state index in [1.165, 1.54) is 16.7 Å². The van der Waals surface area contributed by atoms with Gasteiger partial charge in [0.1, 0.15) is 12.4 Å². The molecule has 2 aromatic rings. The zero-order valence-corrected chi connectivity index (χ0v) is 17.7. The molecule has 0 heterocycles. The fourth-order valence-corrected chi connectivity index (χ4v) is 3.60. The van der Waals surface area contributed by atoms with Crippen LogP contribution < -0.4 is 4.74 Å². The Morgan fingerprint density at radius 2 is 1.82 bits per heavy atom. The number of rotatable bonds is 10. The molecule has 0 aliphatic heterocycles. The van der Waals surface area contributed by atoms with Gasteiger partial charge in [-0.05, 0) is 73.3 Å². The molecule has 2 rings (SSSR count). The number of halogens is 1. The van der Waals surface area contributed by atoms with Crippen LogP contribution in [0.5, 0.6) is 5.75 Å². The van der Waals surface area contributed by atoms with Gasteiger partial charge in [0, 0.05) is 0 Å². The number of alkyl halides is 1. The van der Waals surface area contributed by atoms with Crippen LogP contribution in [0, 0.1) is 12.8 Å². The van der Waals surface area contributed by atoms with Gasteiger partial charge in [0.05, 0.1) is 7.11 Å². The molecule has 0 amide bonds. The second-order valence-corrected chi connectivity index (χ2v) is 7.63. The standard InChI is InChI=1S/C26H33FO/c1-6-7-19(2)21(4)16-24(25-14-8-20(3)26(17-25)28-5)15-13-22-9-11-23(18-27)12-10-22/h6-12,14,17,21,24H,2,13,15-16,18H2,1,3-5H3/b7-6-/t21-,24?/m1/s1. The van der Waals surface area contributed by atoms with Crippen LogP contribution in [0.3, 0.4) is 0 Å². The van der Waals surface area contributed by atoms with Crippen LogP contribution in [0.25, 0.3) is 0 Å². The third-order valence-corrected chi connectivity index (χ3v) is 5.51. The van der Waals surface area contributed by atoms with Crippen molar-refractivity contribution in [1.82, 2.24) is 0 Å². The molecular weight excluding hydrogens is 347 g/mol. The van der Waals surface area contributed by atoms with E-state index in [0.717, 1.165) is 36.1 Å². The summed E-state index contributed by atoms with van der Waals surface area (Å²) in [5.74, 6) is 1.75. The van der Waals surface area contributed by atoms with E-state index >= 15 is 0 Å². The van der Waals surface area contributed by atoms with E-state index in [9.17, 15) is 4.39 Å². The number of methoxy groups -OCH3 is 1. The van der Waals surface area contributed by atoms with Crippen LogP contribution in [0.1, 0.15) is 54.9 Å². The molecular formula is C26H33FO. The number of hydrogen-bond acceptors (Lipinski definition) is 1. The highest BCUT2D eigenvalue weighted by Gasteiger charge is 2.18. The van der Waals surface area contributed by atoms with Crippen molar-refractivity contribution in [2.24, 2.45) is 5.92 Å². The molecule has 2 aromatic carbocycles. The van der Waals surface area contributed by atoms with Crippen molar-refractivity contribution >= 4 is 0 Å². The van der Waals surface area contributed by atoms with E-state index in [4.69, 9.17) is 4.74 Å².